The molecule has 1 saturated carbocycles. The summed E-state index contributed by atoms with van der Waals surface area (Å²) in [5.41, 5.74) is 1.29. The maximum Gasteiger partial charge on any atom is 0.288 e. The molecule has 2 aromatic carbocycles. The van der Waals surface area contributed by atoms with Crippen LogP contribution >= 0.6 is 0 Å². The summed E-state index contributed by atoms with van der Waals surface area (Å²) in [5, 5.41) is 12.8. The molecule has 1 amide bonds. The molecule has 0 spiro atoms. The summed E-state index contributed by atoms with van der Waals surface area (Å²) in [6, 6.07) is 13.6. The van der Waals surface area contributed by atoms with E-state index in [9.17, 15) is 14.3 Å². The van der Waals surface area contributed by atoms with Crippen molar-refractivity contribution in [1.82, 2.24) is 5.32 Å². The zero-order valence-electron chi connectivity index (χ0n) is 14.8. The van der Waals surface area contributed by atoms with Crippen LogP contribution in [0, 0.1) is 5.82 Å². The first kappa shape index (κ1) is 17.5. The standard InChI is InChI=1S/C21H21FN2O3/c22-15-7-2-1-6-14(15)12-24-13-20(27-19-11-4-3-9-17(19)24)21(26)23-16-8-5-10-18(16)25/h1-4,6-7,9,11,13,16,18,25H,5,8,10,12H2,(H,23,26)/t16-,18-/m1/s1. The molecule has 0 radical (unpaired) electrons. The first-order valence-corrected chi connectivity index (χ1v) is 9.09. The quantitative estimate of drug-likeness (QED) is 0.871. The highest BCUT2D eigenvalue weighted by Crippen LogP contribution is 2.35. The van der Waals surface area contributed by atoms with E-state index >= 15 is 0 Å². The number of benzene rings is 2. The number of fused-ring (bicyclic) bond motifs is 1. The first-order valence-electron chi connectivity index (χ1n) is 9.09. The van der Waals surface area contributed by atoms with Gasteiger partial charge in [0.15, 0.2) is 5.75 Å². The van der Waals surface area contributed by atoms with Gasteiger partial charge in [0, 0.05) is 5.56 Å². The normalized spacial score (nSPS) is 21.3. The van der Waals surface area contributed by atoms with E-state index in [1.807, 2.05) is 18.2 Å². The Morgan fingerprint density at radius 2 is 1.96 bits per heavy atom. The predicted octanol–water partition coefficient (Wildman–Crippen LogP) is 3.10. The fraction of sp³-hybridized carbons (Fsp3) is 0.286. The van der Waals surface area contributed by atoms with Gasteiger partial charge in [0.05, 0.1) is 30.6 Å². The van der Waals surface area contributed by atoms with Crippen LogP contribution in [-0.4, -0.2) is 23.2 Å². The number of para-hydroxylation sites is 2. The number of hydrogen-bond acceptors (Lipinski definition) is 4. The topological polar surface area (TPSA) is 61.8 Å². The molecule has 1 aliphatic heterocycles. The maximum absolute atomic E-state index is 14.1. The Bertz CT molecular complexity index is 883. The van der Waals surface area contributed by atoms with Gasteiger partial charge in [-0.05, 0) is 37.5 Å². The van der Waals surface area contributed by atoms with E-state index in [4.69, 9.17) is 4.74 Å². The zero-order valence-corrected chi connectivity index (χ0v) is 14.8. The molecule has 1 aliphatic carbocycles. The summed E-state index contributed by atoms with van der Waals surface area (Å²) in [6.45, 7) is 0.274. The first-order chi connectivity index (χ1) is 13.1. The molecule has 27 heavy (non-hydrogen) atoms. The monoisotopic (exact) mass is 368 g/mol. The maximum atomic E-state index is 14.1. The van der Waals surface area contributed by atoms with Gasteiger partial charge in [-0.25, -0.2) is 4.39 Å². The molecular formula is C21H21FN2O3. The van der Waals surface area contributed by atoms with Crippen LogP contribution in [-0.2, 0) is 11.3 Å². The molecule has 6 heteroatoms. The van der Waals surface area contributed by atoms with Gasteiger partial charge in [-0.15, -0.1) is 0 Å². The van der Waals surface area contributed by atoms with E-state index in [2.05, 4.69) is 5.32 Å². The predicted molar refractivity (Wildman–Crippen MR) is 99.5 cm³/mol. The van der Waals surface area contributed by atoms with Crippen molar-refractivity contribution in [2.24, 2.45) is 0 Å². The van der Waals surface area contributed by atoms with Crippen LogP contribution in [0.5, 0.6) is 5.75 Å². The van der Waals surface area contributed by atoms with E-state index < -0.39 is 6.10 Å². The minimum Gasteiger partial charge on any atom is -0.448 e. The number of ether oxygens (including phenoxy) is 1. The number of carbonyl (C=O) groups excluding carboxylic acids is 1. The summed E-state index contributed by atoms with van der Waals surface area (Å²) >= 11 is 0. The lowest BCUT2D eigenvalue weighted by Crippen LogP contribution is -2.42. The number of aliphatic hydroxyl groups excluding tert-OH is 1. The molecule has 2 aliphatic rings. The molecule has 1 fully saturated rings. The Morgan fingerprint density at radius 1 is 1.19 bits per heavy atom. The third kappa shape index (κ3) is 3.66. The smallest absolute Gasteiger partial charge is 0.288 e. The van der Waals surface area contributed by atoms with E-state index in [1.54, 1.807) is 35.4 Å². The third-order valence-electron chi connectivity index (χ3n) is 4.99. The lowest BCUT2D eigenvalue weighted by molar-refractivity contribution is -0.120. The van der Waals surface area contributed by atoms with E-state index in [0.29, 0.717) is 17.7 Å². The van der Waals surface area contributed by atoms with Crippen LogP contribution in [0.2, 0.25) is 0 Å². The molecule has 0 unspecified atom stereocenters. The van der Waals surface area contributed by atoms with E-state index in [0.717, 1.165) is 18.5 Å². The molecule has 0 bridgehead atoms. The second-order valence-electron chi connectivity index (χ2n) is 6.86. The molecule has 2 atom stereocenters. The number of hydrogen-bond donors (Lipinski definition) is 2. The summed E-state index contributed by atoms with van der Waals surface area (Å²) < 4.78 is 19.9. The Labute approximate surface area is 157 Å². The molecule has 4 rings (SSSR count). The van der Waals surface area contributed by atoms with Crippen molar-refractivity contribution in [3.05, 3.63) is 71.9 Å². The van der Waals surface area contributed by atoms with Crippen LogP contribution in [0.15, 0.2) is 60.5 Å². The zero-order chi connectivity index (χ0) is 18.8. The summed E-state index contributed by atoms with van der Waals surface area (Å²) in [6.07, 6.45) is 3.38. The largest absolute Gasteiger partial charge is 0.448 e. The van der Waals surface area contributed by atoms with Crippen LogP contribution in [0.25, 0.3) is 0 Å². The lowest BCUT2D eigenvalue weighted by atomic mass is 10.1. The highest BCUT2D eigenvalue weighted by atomic mass is 19.1. The number of anilines is 1. The Balaban J connectivity index is 1.60. The number of aliphatic hydroxyl groups is 1. The van der Waals surface area contributed by atoms with Crippen molar-refractivity contribution in [3.63, 3.8) is 0 Å². The number of nitrogens with zero attached hydrogens (tertiary/aromatic N) is 1. The van der Waals surface area contributed by atoms with Gasteiger partial charge in [0.1, 0.15) is 5.82 Å². The molecule has 0 saturated heterocycles. The van der Waals surface area contributed by atoms with Crippen molar-refractivity contribution in [2.75, 3.05) is 4.90 Å². The van der Waals surface area contributed by atoms with Crippen LogP contribution in [0.4, 0.5) is 10.1 Å². The Hall–Kier alpha value is -2.86. The van der Waals surface area contributed by atoms with Gasteiger partial charge in [0.2, 0.25) is 5.76 Å². The van der Waals surface area contributed by atoms with Crippen molar-refractivity contribution in [1.29, 1.82) is 0 Å². The summed E-state index contributed by atoms with van der Waals surface area (Å²) in [4.78, 5) is 14.5. The van der Waals surface area contributed by atoms with Crippen molar-refractivity contribution >= 4 is 11.6 Å². The summed E-state index contributed by atoms with van der Waals surface area (Å²) in [7, 11) is 0. The summed E-state index contributed by atoms with van der Waals surface area (Å²) in [5.74, 6) is -0.0125. The fourth-order valence-corrected chi connectivity index (χ4v) is 3.53. The van der Waals surface area contributed by atoms with Crippen molar-refractivity contribution in [2.45, 2.75) is 38.0 Å². The number of rotatable bonds is 4. The van der Waals surface area contributed by atoms with E-state index in [1.165, 1.54) is 6.07 Å². The van der Waals surface area contributed by atoms with Gasteiger partial charge in [-0.3, -0.25) is 4.79 Å². The van der Waals surface area contributed by atoms with Gasteiger partial charge in [0.25, 0.3) is 5.91 Å². The molecule has 2 N–H and O–H groups in total. The molecule has 5 nitrogen and oxygen atoms in total. The van der Waals surface area contributed by atoms with Gasteiger partial charge >= 0.3 is 0 Å². The van der Waals surface area contributed by atoms with Crippen LogP contribution in [0.3, 0.4) is 0 Å². The highest BCUT2D eigenvalue weighted by molar-refractivity contribution is 5.93. The fourth-order valence-electron chi connectivity index (χ4n) is 3.53. The van der Waals surface area contributed by atoms with Gasteiger partial charge < -0.3 is 20.1 Å². The second-order valence-corrected chi connectivity index (χ2v) is 6.86. The average molecular weight is 368 g/mol. The molecule has 1 heterocycles. The SMILES string of the molecule is O=C(N[C@@H]1CCC[C@H]1O)C1=CN(Cc2ccccc2F)c2ccccc2O1. The molecular weight excluding hydrogens is 347 g/mol. The second kappa shape index (κ2) is 7.40. The van der Waals surface area contributed by atoms with Crippen molar-refractivity contribution in [3.8, 4) is 5.75 Å². The number of halogens is 1. The lowest BCUT2D eigenvalue weighted by Gasteiger charge is -2.29. The minimum absolute atomic E-state index is 0.129. The number of nitrogens with one attached hydrogen (secondary N) is 1. The Kier molecular flexibility index (Phi) is 4.81. The van der Waals surface area contributed by atoms with Crippen LogP contribution in [0.1, 0.15) is 24.8 Å². The van der Waals surface area contributed by atoms with Gasteiger partial charge in [-0.1, -0.05) is 30.3 Å². The van der Waals surface area contributed by atoms with Crippen molar-refractivity contribution < 1.29 is 19.0 Å². The molecule has 2 aromatic rings. The average Bonchev–Trinajstić information content (AvgIpc) is 3.08. The Morgan fingerprint density at radius 3 is 2.74 bits per heavy atom. The van der Waals surface area contributed by atoms with Gasteiger partial charge in [-0.2, -0.15) is 0 Å². The third-order valence-corrected chi connectivity index (χ3v) is 4.99. The minimum atomic E-state index is -0.528. The molecule has 0 aromatic heterocycles. The van der Waals surface area contributed by atoms with Crippen LogP contribution < -0.4 is 15.0 Å². The van der Waals surface area contributed by atoms with E-state index in [-0.39, 0.29) is 30.1 Å². The molecule has 140 valence electrons. The highest BCUT2D eigenvalue weighted by Gasteiger charge is 2.30. The number of amides is 1. The number of carbonyl (C=O) groups is 1.